The van der Waals surface area contributed by atoms with E-state index in [-0.39, 0.29) is 55.3 Å². The van der Waals surface area contributed by atoms with Crippen molar-refractivity contribution in [2.24, 2.45) is 10.9 Å². The molecule has 3 rings (SSSR count). The van der Waals surface area contributed by atoms with Crippen molar-refractivity contribution in [3.05, 3.63) is 82.7 Å². The normalized spacial score (nSPS) is 11.2. The minimum absolute atomic E-state index is 0.0264. The Bertz CT molecular complexity index is 1390. The average molecular weight is 569 g/mol. The molecule has 0 aliphatic heterocycles. The number of halogens is 1. The molecule has 0 bridgehead atoms. The maximum Gasteiger partial charge on any atom is 0.344 e. The minimum Gasteiger partial charge on any atom is -0.487 e. The number of aliphatic hydroxyl groups is 1. The molecule has 0 radical (unpaired) electrons. The fourth-order valence-electron chi connectivity index (χ4n) is 3.82. The van der Waals surface area contributed by atoms with Gasteiger partial charge in [-0.1, -0.05) is 5.16 Å². The molecule has 0 saturated heterocycles. The SMILES string of the molecule is CCOC(=O)COc1c(CNc2cc(F)ccc2C(=O)Nc2ccc(/C(N)=N/O)cc2)cc(CO)cc1OC(C)C. The summed E-state index contributed by atoms with van der Waals surface area (Å²) in [5.41, 5.74) is 7.82. The van der Waals surface area contributed by atoms with Crippen molar-refractivity contribution in [1.82, 2.24) is 0 Å². The number of nitrogens with zero attached hydrogens (tertiary/aromatic N) is 1. The number of aliphatic hydroxyl groups excluding tert-OH is 1. The van der Waals surface area contributed by atoms with Crippen LogP contribution in [0.2, 0.25) is 0 Å². The molecule has 0 spiro atoms. The molecule has 0 atom stereocenters. The highest BCUT2D eigenvalue weighted by molar-refractivity contribution is 6.08. The van der Waals surface area contributed by atoms with Crippen LogP contribution in [0.5, 0.6) is 11.5 Å². The lowest BCUT2D eigenvalue weighted by Gasteiger charge is -2.20. The Balaban J connectivity index is 1.89. The third-order valence-corrected chi connectivity index (χ3v) is 5.62. The largest absolute Gasteiger partial charge is 0.487 e. The van der Waals surface area contributed by atoms with Gasteiger partial charge in [-0.15, -0.1) is 0 Å². The number of amides is 1. The van der Waals surface area contributed by atoms with Gasteiger partial charge < -0.3 is 40.9 Å². The third-order valence-electron chi connectivity index (χ3n) is 5.62. The van der Waals surface area contributed by atoms with Gasteiger partial charge in [0.2, 0.25) is 0 Å². The monoisotopic (exact) mass is 568 g/mol. The van der Waals surface area contributed by atoms with E-state index in [1.54, 1.807) is 43.3 Å². The van der Waals surface area contributed by atoms with Crippen LogP contribution in [0, 0.1) is 5.82 Å². The first-order valence-corrected chi connectivity index (χ1v) is 12.8. The van der Waals surface area contributed by atoms with Crippen LogP contribution >= 0.6 is 0 Å². The van der Waals surface area contributed by atoms with E-state index in [4.69, 9.17) is 25.2 Å². The Morgan fingerprint density at radius 3 is 2.46 bits per heavy atom. The van der Waals surface area contributed by atoms with E-state index in [2.05, 4.69) is 15.8 Å². The number of hydrogen-bond donors (Lipinski definition) is 5. The summed E-state index contributed by atoms with van der Waals surface area (Å²) in [6, 6.07) is 13.2. The zero-order valence-electron chi connectivity index (χ0n) is 22.9. The van der Waals surface area contributed by atoms with Gasteiger partial charge in [-0.25, -0.2) is 9.18 Å². The van der Waals surface area contributed by atoms with Gasteiger partial charge in [0.1, 0.15) is 5.82 Å². The highest BCUT2D eigenvalue weighted by Gasteiger charge is 2.19. The van der Waals surface area contributed by atoms with Crippen LogP contribution in [0.3, 0.4) is 0 Å². The van der Waals surface area contributed by atoms with Crippen molar-refractivity contribution < 1.29 is 38.5 Å². The maximum absolute atomic E-state index is 14.3. The Morgan fingerprint density at radius 2 is 1.83 bits per heavy atom. The molecule has 41 heavy (non-hydrogen) atoms. The first kappa shape index (κ1) is 30.7. The summed E-state index contributed by atoms with van der Waals surface area (Å²) in [6.45, 7) is 4.86. The molecule has 11 nitrogen and oxygen atoms in total. The molecular formula is C29H33FN4O7. The molecule has 0 aliphatic carbocycles. The first-order valence-electron chi connectivity index (χ1n) is 12.8. The van der Waals surface area contributed by atoms with Gasteiger partial charge in [0, 0.05) is 23.4 Å². The van der Waals surface area contributed by atoms with Crippen molar-refractivity contribution in [3.63, 3.8) is 0 Å². The van der Waals surface area contributed by atoms with Gasteiger partial charge in [0.25, 0.3) is 5.91 Å². The predicted octanol–water partition coefficient (Wildman–Crippen LogP) is 4.01. The van der Waals surface area contributed by atoms with E-state index in [1.165, 1.54) is 12.1 Å². The number of esters is 1. The molecule has 12 heteroatoms. The van der Waals surface area contributed by atoms with Crippen LogP contribution in [0.25, 0.3) is 0 Å². The molecule has 0 aliphatic rings. The zero-order chi connectivity index (χ0) is 29.9. The van der Waals surface area contributed by atoms with Gasteiger partial charge in [-0.3, -0.25) is 4.79 Å². The number of hydrogen-bond acceptors (Lipinski definition) is 9. The Morgan fingerprint density at radius 1 is 1.10 bits per heavy atom. The number of carbonyl (C=O) groups is 2. The summed E-state index contributed by atoms with van der Waals surface area (Å²) in [6.07, 6.45) is -0.241. The lowest BCUT2D eigenvalue weighted by Crippen LogP contribution is -2.18. The maximum atomic E-state index is 14.3. The number of benzene rings is 3. The number of nitrogens with two attached hydrogens (primary N) is 1. The van der Waals surface area contributed by atoms with E-state index in [0.717, 1.165) is 6.07 Å². The molecule has 3 aromatic carbocycles. The fourth-order valence-corrected chi connectivity index (χ4v) is 3.82. The van der Waals surface area contributed by atoms with Crippen LogP contribution in [0.1, 0.15) is 47.8 Å². The highest BCUT2D eigenvalue weighted by Crippen LogP contribution is 2.35. The van der Waals surface area contributed by atoms with Crippen LogP contribution in [-0.2, 0) is 22.7 Å². The second kappa shape index (κ2) is 14.5. The Labute approximate surface area is 236 Å². The van der Waals surface area contributed by atoms with Crippen LogP contribution in [0.15, 0.2) is 59.8 Å². The molecule has 0 fully saturated rings. The van der Waals surface area contributed by atoms with E-state index in [1.807, 2.05) is 13.8 Å². The predicted molar refractivity (Wildman–Crippen MR) is 151 cm³/mol. The summed E-state index contributed by atoms with van der Waals surface area (Å²) >= 11 is 0. The minimum atomic E-state index is -0.573. The molecule has 0 heterocycles. The van der Waals surface area contributed by atoms with Gasteiger partial charge in [-0.05, 0) is 80.9 Å². The highest BCUT2D eigenvalue weighted by atomic mass is 19.1. The molecule has 0 unspecified atom stereocenters. The number of nitrogens with one attached hydrogen (secondary N) is 2. The number of carbonyl (C=O) groups excluding carboxylic acids is 2. The molecule has 0 aromatic heterocycles. The lowest BCUT2D eigenvalue weighted by atomic mass is 10.1. The fraction of sp³-hybridized carbons (Fsp3) is 0.276. The second-order valence-electron chi connectivity index (χ2n) is 9.06. The molecule has 3 aromatic rings. The van der Waals surface area contributed by atoms with Crippen molar-refractivity contribution in [2.45, 2.75) is 40.0 Å². The molecule has 6 N–H and O–H groups in total. The van der Waals surface area contributed by atoms with E-state index < -0.39 is 17.7 Å². The van der Waals surface area contributed by atoms with Crippen molar-refractivity contribution >= 4 is 29.1 Å². The third kappa shape index (κ3) is 8.57. The lowest BCUT2D eigenvalue weighted by molar-refractivity contribution is -0.145. The Hall–Kier alpha value is -4.84. The standard InChI is InChI=1S/C29H33FN4O7/c1-4-39-26(36)16-40-27-20(11-18(15-35)12-25(27)41-17(2)3)14-32-24-13-21(30)7-10-23(24)29(37)33-22-8-5-19(6-9-22)28(31)34-38/h5-13,17,32,35,38H,4,14-16H2,1-3H3,(H2,31,34)(H,33,37). The zero-order valence-corrected chi connectivity index (χ0v) is 22.9. The summed E-state index contributed by atoms with van der Waals surface area (Å²) < 4.78 is 30.9. The van der Waals surface area contributed by atoms with Crippen LogP contribution in [-0.4, -0.2) is 47.3 Å². The number of rotatable bonds is 13. The average Bonchev–Trinajstić information content (AvgIpc) is 2.95. The number of amidine groups is 1. The molecular weight excluding hydrogens is 535 g/mol. The van der Waals surface area contributed by atoms with E-state index in [9.17, 15) is 19.1 Å². The van der Waals surface area contributed by atoms with Crippen molar-refractivity contribution in [3.8, 4) is 11.5 Å². The van der Waals surface area contributed by atoms with Gasteiger partial charge in [-0.2, -0.15) is 0 Å². The van der Waals surface area contributed by atoms with Crippen LogP contribution < -0.4 is 25.8 Å². The molecule has 1 amide bonds. The smallest absolute Gasteiger partial charge is 0.344 e. The van der Waals surface area contributed by atoms with E-state index >= 15 is 0 Å². The number of oxime groups is 1. The summed E-state index contributed by atoms with van der Waals surface area (Å²) in [5, 5.41) is 27.4. The first-order chi connectivity index (χ1) is 19.6. The topological polar surface area (TPSA) is 165 Å². The quantitative estimate of drug-likeness (QED) is 0.0674. The number of ether oxygens (including phenoxy) is 3. The molecule has 0 saturated carbocycles. The van der Waals surface area contributed by atoms with Gasteiger partial charge >= 0.3 is 5.97 Å². The summed E-state index contributed by atoms with van der Waals surface area (Å²) in [5.74, 6) is -1.19. The Kier molecular flexibility index (Phi) is 10.9. The van der Waals surface area contributed by atoms with Gasteiger partial charge in [0.05, 0.1) is 30.6 Å². The molecule has 218 valence electrons. The summed E-state index contributed by atoms with van der Waals surface area (Å²) in [4.78, 5) is 25.1. The van der Waals surface area contributed by atoms with Crippen molar-refractivity contribution in [1.29, 1.82) is 0 Å². The van der Waals surface area contributed by atoms with E-state index in [0.29, 0.717) is 28.1 Å². The number of anilines is 2. The second-order valence-corrected chi connectivity index (χ2v) is 9.06. The van der Waals surface area contributed by atoms with Crippen molar-refractivity contribution in [2.75, 3.05) is 23.8 Å². The summed E-state index contributed by atoms with van der Waals surface area (Å²) in [7, 11) is 0. The van der Waals surface area contributed by atoms with Gasteiger partial charge in [0.15, 0.2) is 23.9 Å². The van der Waals surface area contributed by atoms with Crippen LogP contribution in [0.4, 0.5) is 15.8 Å².